The van der Waals surface area contributed by atoms with Crippen LogP contribution in [0.25, 0.3) is 0 Å². The average Bonchev–Trinajstić information content (AvgIpc) is 3.42. The maximum atomic E-state index is 13.0. The third-order valence-corrected chi connectivity index (χ3v) is 5.69. The summed E-state index contributed by atoms with van der Waals surface area (Å²) in [5, 5.41) is 4.52. The molecule has 0 aliphatic carbocycles. The van der Waals surface area contributed by atoms with Gasteiger partial charge in [-0.05, 0) is 49.7 Å². The van der Waals surface area contributed by atoms with E-state index in [2.05, 4.69) is 14.7 Å². The van der Waals surface area contributed by atoms with Crippen molar-refractivity contribution < 1.29 is 14.3 Å². The number of fused-ring (bicyclic) bond motifs is 2. The predicted molar refractivity (Wildman–Crippen MR) is 98.6 cm³/mol. The van der Waals surface area contributed by atoms with Crippen LogP contribution in [0.3, 0.4) is 0 Å². The molecule has 142 valence electrons. The van der Waals surface area contributed by atoms with Crippen LogP contribution < -0.4 is 9.47 Å². The van der Waals surface area contributed by atoms with Crippen molar-refractivity contribution >= 4 is 5.91 Å². The maximum Gasteiger partial charge on any atom is 0.231 e. The van der Waals surface area contributed by atoms with Gasteiger partial charge in [-0.1, -0.05) is 6.07 Å². The first-order chi connectivity index (χ1) is 13.3. The number of carbonyl (C=O) groups is 1. The molecule has 0 bridgehead atoms. The minimum Gasteiger partial charge on any atom is -0.454 e. The summed E-state index contributed by atoms with van der Waals surface area (Å²) in [5.41, 5.74) is 2.07. The van der Waals surface area contributed by atoms with Crippen LogP contribution >= 0.6 is 0 Å². The summed E-state index contributed by atoms with van der Waals surface area (Å²) in [6.45, 7) is 4.86. The lowest BCUT2D eigenvalue weighted by atomic mass is 10.1. The quantitative estimate of drug-likeness (QED) is 0.824. The van der Waals surface area contributed by atoms with E-state index < -0.39 is 0 Å². The van der Waals surface area contributed by atoms with E-state index in [-0.39, 0.29) is 18.7 Å². The van der Waals surface area contributed by atoms with Crippen molar-refractivity contribution in [3.05, 3.63) is 41.7 Å². The zero-order valence-electron chi connectivity index (χ0n) is 15.3. The highest BCUT2D eigenvalue weighted by Gasteiger charge is 2.30. The molecular formula is C20H24N4O3. The number of ether oxygens (including phenoxy) is 2. The van der Waals surface area contributed by atoms with Gasteiger partial charge in [-0.15, -0.1) is 0 Å². The number of hydrogen-bond acceptors (Lipinski definition) is 5. The molecule has 4 heterocycles. The summed E-state index contributed by atoms with van der Waals surface area (Å²) in [4.78, 5) is 17.5. The standard InChI is InChI=1S/C20H24N4O3/c25-20(10-15-3-4-18-19(9-15)27-14-26-18)23-12-16-5-6-21-24(16)17(13-23)11-22-7-1-2-8-22/h3-6,9,17H,1-2,7-8,10-14H2/t17-/m0/s1. The van der Waals surface area contributed by atoms with Crippen molar-refractivity contribution in [2.24, 2.45) is 0 Å². The van der Waals surface area contributed by atoms with Gasteiger partial charge in [-0.25, -0.2) is 0 Å². The van der Waals surface area contributed by atoms with Crippen LogP contribution in [0.2, 0.25) is 0 Å². The molecule has 0 spiro atoms. The molecule has 0 radical (unpaired) electrons. The molecule has 2 aromatic rings. The zero-order valence-corrected chi connectivity index (χ0v) is 15.3. The maximum absolute atomic E-state index is 13.0. The van der Waals surface area contributed by atoms with E-state index in [0.717, 1.165) is 42.4 Å². The Balaban J connectivity index is 1.30. The van der Waals surface area contributed by atoms with Crippen molar-refractivity contribution in [1.82, 2.24) is 19.6 Å². The van der Waals surface area contributed by atoms with Gasteiger partial charge in [0, 0.05) is 19.3 Å². The molecule has 0 unspecified atom stereocenters. The smallest absolute Gasteiger partial charge is 0.231 e. The number of nitrogens with zero attached hydrogens (tertiary/aromatic N) is 4. The van der Waals surface area contributed by atoms with Crippen LogP contribution in [0.5, 0.6) is 11.5 Å². The number of rotatable bonds is 4. The average molecular weight is 368 g/mol. The van der Waals surface area contributed by atoms with E-state index in [1.54, 1.807) is 0 Å². The predicted octanol–water partition coefficient (Wildman–Crippen LogP) is 1.83. The van der Waals surface area contributed by atoms with E-state index >= 15 is 0 Å². The molecule has 1 aromatic heterocycles. The summed E-state index contributed by atoms with van der Waals surface area (Å²) in [6.07, 6.45) is 4.76. The topological polar surface area (TPSA) is 59.8 Å². The van der Waals surface area contributed by atoms with Crippen molar-refractivity contribution in [3.8, 4) is 11.5 Å². The SMILES string of the molecule is O=C(Cc1ccc2c(c1)OCO2)N1Cc2ccnn2[C@@H](CN2CCCC2)C1. The fraction of sp³-hybridized carbons (Fsp3) is 0.500. The number of carbonyl (C=O) groups excluding carboxylic acids is 1. The highest BCUT2D eigenvalue weighted by atomic mass is 16.7. The van der Waals surface area contributed by atoms with Crippen molar-refractivity contribution in [2.75, 3.05) is 33.0 Å². The largest absolute Gasteiger partial charge is 0.454 e. The number of benzene rings is 1. The Morgan fingerprint density at radius 2 is 2.00 bits per heavy atom. The molecular weight excluding hydrogens is 344 g/mol. The Hall–Kier alpha value is -2.54. The fourth-order valence-corrected chi connectivity index (χ4v) is 4.31. The zero-order chi connectivity index (χ0) is 18.2. The van der Waals surface area contributed by atoms with Gasteiger partial charge in [0.1, 0.15) is 0 Å². The highest BCUT2D eigenvalue weighted by molar-refractivity contribution is 5.79. The molecule has 3 aliphatic rings. The molecule has 3 aliphatic heterocycles. The number of likely N-dealkylation sites (tertiary alicyclic amines) is 1. The van der Waals surface area contributed by atoms with Crippen LogP contribution in [-0.2, 0) is 17.8 Å². The number of hydrogen-bond donors (Lipinski definition) is 0. The van der Waals surface area contributed by atoms with Crippen molar-refractivity contribution in [1.29, 1.82) is 0 Å². The minimum atomic E-state index is 0.146. The summed E-state index contributed by atoms with van der Waals surface area (Å²) in [5.74, 6) is 1.62. The second kappa shape index (κ2) is 6.88. The molecule has 1 aromatic carbocycles. The first-order valence-corrected chi connectivity index (χ1v) is 9.67. The molecule has 0 N–H and O–H groups in total. The molecule has 27 heavy (non-hydrogen) atoms. The Bertz CT molecular complexity index is 844. The molecule has 0 saturated carbocycles. The number of amides is 1. The fourth-order valence-electron chi connectivity index (χ4n) is 4.31. The summed E-state index contributed by atoms with van der Waals surface area (Å²) >= 11 is 0. The molecule has 1 fully saturated rings. The lowest BCUT2D eigenvalue weighted by Crippen LogP contribution is -2.45. The molecule has 1 atom stereocenters. The van der Waals surface area contributed by atoms with E-state index in [9.17, 15) is 4.79 Å². The van der Waals surface area contributed by atoms with Crippen LogP contribution in [0.15, 0.2) is 30.5 Å². The van der Waals surface area contributed by atoms with Gasteiger partial charge >= 0.3 is 0 Å². The van der Waals surface area contributed by atoms with Gasteiger partial charge in [0.25, 0.3) is 0 Å². The Kier molecular flexibility index (Phi) is 4.24. The molecule has 7 nitrogen and oxygen atoms in total. The second-order valence-electron chi connectivity index (χ2n) is 7.57. The van der Waals surface area contributed by atoms with Crippen LogP contribution in [0.4, 0.5) is 0 Å². The molecule has 5 rings (SSSR count). The molecule has 7 heteroatoms. The lowest BCUT2D eigenvalue weighted by Gasteiger charge is -2.35. The first kappa shape index (κ1) is 16.6. The van der Waals surface area contributed by atoms with Gasteiger partial charge in [-0.2, -0.15) is 5.10 Å². The monoisotopic (exact) mass is 368 g/mol. The van der Waals surface area contributed by atoms with Crippen molar-refractivity contribution in [2.45, 2.75) is 31.8 Å². The summed E-state index contributed by atoms with van der Waals surface area (Å²) < 4.78 is 12.9. The van der Waals surface area contributed by atoms with E-state index in [4.69, 9.17) is 9.47 Å². The van der Waals surface area contributed by atoms with Gasteiger partial charge in [0.15, 0.2) is 11.5 Å². The van der Waals surface area contributed by atoms with Gasteiger partial charge in [0.2, 0.25) is 12.7 Å². The van der Waals surface area contributed by atoms with Crippen LogP contribution in [-0.4, -0.2) is 58.5 Å². The van der Waals surface area contributed by atoms with E-state index in [0.29, 0.717) is 19.5 Å². The van der Waals surface area contributed by atoms with Crippen LogP contribution in [0, 0.1) is 0 Å². The third kappa shape index (κ3) is 3.27. The second-order valence-corrected chi connectivity index (χ2v) is 7.57. The molecule has 1 saturated heterocycles. The molecule has 1 amide bonds. The Labute approximate surface area is 158 Å². The Morgan fingerprint density at radius 3 is 2.89 bits per heavy atom. The van der Waals surface area contributed by atoms with Gasteiger partial charge in [0.05, 0.1) is 24.7 Å². The lowest BCUT2D eigenvalue weighted by molar-refractivity contribution is -0.132. The summed E-state index contributed by atoms with van der Waals surface area (Å²) in [7, 11) is 0. The van der Waals surface area contributed by atoms with E-state index in [1.807, 2.05) is 35.4 Å². The normalized spacial score (nSPS) is 21.5. The first-order valence-electron chi connectivity index (χ1n) is 9.67. The van der Waals surface area contributed by atoms with Crippen LogP contribution in [0.1, 0.15) is 30.1 Å². The summed E-state index contributed by atoms with van der Waals surface area (Å²) in [6, 6.07) is 7.99. The van der Waals surface area contributed by atoms with Gasteiger partial charge in [-0.3, -0.25) is 9.48 Å². The van der Waals surface area contributed by atoms with Crippen molar-refractivity contribution in [3.63, 3.8) is 0 Å². The Morgan fingerprint density at radius 1 is 1.15 bits per heavy atom. The van der Waals surface area contributed by atoms with E-state index in [1.165, 1.54) is 12.8 Å². The highest BCUT2D eigenvalue weighted by Crippen LogP contribution is 2.33. The number of aromatic nitrogens is 2. The minimum absolute atomic E-state index is 0.146. The van der Waals surface area contributed by atoms with Gasteiger partial charge < -0.3 is 19.3 Å². The third-order valence-electron chi connectivity index (χ3n) is 5.69.